The number of rotatable bonds is 18. The maximum Gasteiger partial charge on any atom is 0.0491 e. The maximum atomic E-state index is 2.43. The van der Waals surface area contributed by atoms with Gasteiger partial charge in [-0.1, -0.05) is 413 Å². The van der Waals surface area contributed by atoms with E-state index >= 15 is 0 Å². The van der Waals surface area contributed by atoms with Crippen molar-refractivity contribution in [3.63, 3.8) is 0 Å². The van der Waals surface area contributed by atoms with Crippen molar-refractivity contribution in [2.75, 3.05) is 0 Å². The highest BCUT2D eigenvalue weighted by atomic mass is 15.0. The van der Waals surface area contributed by atoms with Crippen LogP contribution in [0.25, 0.3) is 286 Å². The number of fused-ring (bicyclic) bond motifs is 16. The summed E-state index contributed by atoms with van der Waals surface area (Å²) in [6.45, 7) is 12.7. The zero-order valence-corrected chi connectivity index (χ0v) is 83.1. The number of para-hydroxylation sites is 4. The number of aryl methyl sites for hydroxylation is 4. The zero-order valence-electron chi connectivity index (χ0n) is 83.1. The molecule has 4 heterocycles. The van der Waals surface area contributed by atoms with E-state index in [1.807, 2.05) is 0 Å². The summed E-state index contributed by atoms with van der Waals surface area (Å²) >= 11 is 0. The Morgan fingerprint density at radius 2 is 0.236 bits per heavy atom. The smallest absolute Gasteiger partial charge is 0.0491 e. The van der Waals surface area contributed by atoms with Gasteiger partial charge in [0.2, 0.25) is 0 Å². The molecule has 0 aliphatic heterocycles. The third-order valence-corrected chi connectivity index (χ3v) is 31.5. The number of hydrogen-bond acceptors (Lipinski definition) is 0. The first-order valence-electron chi connectivity index (χ1n) is 52.2. The lowest BCUT2D eigenvalue weighted by Crippen LogP contribution is -1.93. The molecule has 0 spiro atoms. The Bertz CT molecular complexity index is 9460. The molecule has 0 aliphatic carbocycles. The molecule has 0 fully saturated rings. The molecule has 0 radical (unpaired) electrons. The van der Waals surface area contributed by atoms with Gasteiger partial charge in [-0.2, -0.15) is 0 Å². The second-order valence-corrected chi connectivity index (χ2v) is 39.4. The van der Waals surface area contributed by atoms with Gasteiger partial charge in [0, 0.05) is 113 Å². The van der Waals surface area contributed by atoms with E-state index in [2.05, 4.69) is 556 Å². The third-order valence-electron chi connectivity index (χ3n) is 31.5. The summed E-state index contributed by atoms with van der Waals surface area (Å²) in [5, 5.41) is 20.3. The molecule has 0 saturated heterocycles. The lowest BCUT2D eigenvalue weighted by atomic mass is 9.83. The highest BCUT2D eigenvalue weighted by Gasteiger charge is 2.25. The number of hydrogen-bond donors (Lipinski definition) is 0. The van der Waals surface area contributed by atoms with Crippen LogP contribution in [0.1, 0.15) is 27.7 Å². The molecule has 28 rings (SSSR count). The normalized spacial score (nSPS) is 11.8. The van der Waals surface area contributed by atoms with Crippen molar-refractivity contribution in [3.05, 3.63) is 510 Å². The summed E-state index contributed by atoms with van der Waals surface area (Å²) in [5.41, 5.74) is 44.2. The first kappa shape index (κ1) is 88.5. The van der Waals surface area contributed by atoms with E-state index in [4.69, 9.17) is 0 Å². The van der Waals surface area contributed by atoms with E-state index in [0.717, 1.165) is 26.2 Å². The van der Waals surface area contributed by atoms with E-state index in [9.17, 15) is 0 Å². The van der Waals surface area contributed by atoms with Crippen molar-refractivity contribution < 1.29 is 0 Å². The average molecular weight is 1890 g/mol. The van der Waals surface area contributed by atoms with Crippen LogP contribution in [0.4, 0.5) is 0 Å². The molecule has 148 heavy (non-hydrogen) atoms. The van der Waals surface area contributed by atoms with Crippen molar-refractivity contribution in [3.8, 4) is 156 Å². The van der Waals surface area contributed by atoms with E-state index in [1.165, 1.54) is 286 Å². The summed E-state index contributed by atoms with van der Waals surface area (Å²) in [5.74, 6) is 0. The lowest BCUT2D eigenvalue weighted by Gasteiger charge is -2.20. The second kappa shape index (κ2) is 37.0. The van der Waals surface area contributed by atoms with Crippen LogP contribution < -0.4 is 0 Å². The molecular weight excluding hydrogens is 1790 g/mol. The molecule has 4 aromatic heterocycles. The van der Waals surface area contributed by atoms with Crippen LogP contribution in [0.3, 0.4) is 0 Å². The Kier molecular flexibility index (Phi) is 22.1. The minimum atomic E-state index is 0.937. The van der Waals surface area contributed by atoms with Gasteiger partial charge in [-0.3, -0.25) is 0 Å². The van der Waals surface area contributed by atoms with Crippen LogP contribution in [-0.2, 0) is 26.2 Å². The molecule has 4 nitrogen and oxygen atoms in total. The van der Waals surface area contributed by atoms with Crippen molar-refractivity contribution in [2.24, 2.45) is 0 Å². The van der Waals surface area contributed by atoms with Gasteiger partial charge in [-0.15, -0.1) is 0 Å². The molecule has 0 unspecified atom stereocenters. The third kappa shape index (κ3) is 15.3. The summed E-state index contributed by atoms with van der Waals surface area (Å²) in [7, 11) is 0. The average Bonchev–Trinajstić information content (AvgIpc) is 1.70. The highest BCUT2D eigenvalue weighted by molar-refractivity contribution is 6.25. The van der Waals surface area contributed by atoms with Gasteiger partial charge in [0.05, 0.1) is 0 Å². The largest absolute Gasteiger partial charge is 0.341 e. The highest BCUT2D eigenvalue weighted by Crippen LogP contribution is 2.52. The SMILES string of the molecule is CCn1c2ccccc2c2cc(-c3ccc(-c4c5ccc(-c6ccccc6)cc5c(-c5ccc(-c6ccc7c(c6)c6ccccc6n7CC)cc5)c5ccc(-c6ccccc6)cc45)cc3)ccc21.CCn1c2ccccc2c2cc(-c3ccc(-c4ccc(-c5c6ccc(-c7ccccc7)cc6c(-c6ccc(-c7ccc(-c8ccc9c(c8)c8ccccc8n9CC)cc7)cc6)c6ccc(-c7ccccc7)cc56)cc4)cc3)ccc21. The van der Waals surface area contributed by atoms with Gasteiger partial charge >= 0.3 is 0 Å². The van der Waals surface area contributed by atoms with Gasteiger partial charge in [-0.05, 0) is 324 Å². The number of nitrogens with zero attached hydrogens (tertiary/aromatic N) is 4. The molecule has 0 N–H and O–H groups in total. The summed E-state index contributed by atoms with van der Waals surface area (Å²) in [6, 6.07) is 190. The molecule has 700 valence electrons. The van der Waals surface area contributed by atoms with Crippen LogP contribution in [-0.4, -0.2) is 18.3 Å². The van der Waals surface area contributed by atoms with Gasteiger partial charge in [0.25, 0.3) is 0 Å². The second-order valence-electron chi connectivity index (χ2n) is 39.4. The van der Waals surface area contributed by atoms with Gasteiger partial charge < -0.3 is 18.3 Å². The molecule has 0 aliphatic rings. The minimum Gasteiger partial charge on any atom is -0.341 e. The molecule has 0 bridgehead atoms. The van der Waals surface area contributed by atoms with Crippen molar-refractivity contribution in [1.29, 1.82) is 0 Å². The molecule has 4 heteroatoms. The molecule has 0 atom stereocenters. The van der Waals surface area contributed by atoms with Gasteiger partial charge in [0.15, 0.2) is 0 Å². The van der Waals surface area contributed by atoms with Crippen LogP contribution in [0.5, 0.6) is 0 Å². The maximum absolute atomic E-state index is 2.43. The summed E-state index contributed by atoms with van der Waals surface area (Å²) in [4.78, 5) is 0. The van der Waals surface area contributed by atoms with Crippen LogP contribution in [0.2, 0.25) is 0 Å². The zero-order chi connectivity index (χ0) is 98.6. The monoisotopic (exact) mass is 1890 g/mol. The number of benzene rings is 24. The molecule has 0 saturated carbocycles. The predicted octanol–water partition coefficient (Wildman–Crippen LogP) is 39.8. The predicted molar refractivity (Wildman–Crippen MR) is 634 cm³/mol. The summed E-state index contributed by atoms with van der Waals surface area (Å²) < 4.78 is 9.68. The van der Waals surface area contributed by atoms with Crippen molar-refractivity contribution in [1.82, 2.24) is 18.3 Å². The van der Waals surface area contributed by atoms with E-state index in [1.54, 1.807) is 0 Å². The van der Waals surface area contributed by atoms with Crippen LogP contribution in [0.15, 0.2) is 510 Å². The Morgan fingerprint density at radius 3 is 0.426 bits per heavy atom. The van der Waals surface area contributed by atoms with Crippen LogP contribution >= 0.6 is 0 Å². The minimum absolute atomic E-state index is 0.937. The fourth-order valence-electron chi connectivity index (χ4n) is 24.3. The first-order valence-corrected chi connectivity index (χ1v) is 52.2. The molecular formula is C144H104N4. The van der Waals surface area contributed by atoms with E-state index < -0.39 is 0 Å². The standard InChI is InChI=1S/C78H56N2.C66H48N2/c1-3-79-73-21-13-11-19-65(73)69-47-63(41-45-75(69)79)57-27-23-53(24-28-57)55-31-35-59(36-32-55)77-67-43-39-62(52-17-9-6-10-18-52)50-72(67)78(68-44-40-61(49-71(68)77)51-15-7-5-8-16-51)60-37-33-56(34-38-60)54-25-29-58(30-26-54)64-42-46-76-70(48-64)66-20-12-14-22-74(66)80(76)4-2;1-3-67-61-21-13-11-19-53(61)57-39-51(33-37-63(57)67)45-23-27-47(28-24-45)65-55-35-31-50(44-17-9-6-10-18-44)42-60(55)66(56-36-32-49(41-59(56)65)43-15-7-5-8-16-43)48-29-25-46(26-30-48)52-34-38-64-58(40-52)54-20-12-14-22-62(54)68(64)4-2/h5-50H,3-4H2,1-2H3;5-42H,3-4H2,1-2H3. The Morgan fingerprint density at radius 1 is 0.101 bits per heavy atom. The molecule has 0 amide bonds. The topological polar surface area (TPSA) is 19.7 Å². The van der Waals surface area contributed by atoms with Gasteiger partial charge in [0.1, 0.15) is 0 Å². The van der Waals surface area contributed by atoms with Gasteiger partial charge in [-0.25, -0.2) is 0 Å². The van der Waals surface area contributed by atoms with Crippen molar-refractivity contribution >= 4 is 130 Å². The lowest BCUT2D eigenvalue weighted by molar-refractivity contribution is 0.827. The Labute approximate surface area is 861 Å². The van der Waals surface area contributed by atoms with E-state index in [-0.39, 0.29) is 0 Å². The molecule has 24 aromatic carbocycles. The summed E-state index contributed by atoms with van der Waals surface area (Å²) in [6.07, 6.45) is 0. The van der Waals surface area contributed by atoms with E-state index in [0.29, 0.717) is 0 Å². The Hall–Kier alpha value is -18.5. The first-order chi connectivity index (χ1) is 73.2. The fourth-order valence-corrected chi connectivity index (χ4v) is 24.3. The number of aromatic nitrogens is 4. The quantitative estimate of drug-likeness (QED) is 0.0763. The fraction of sp³-hybridized carbons (Fsp3) is 0.0556. The van der Waals surface area contributed by atoms with Crippen molar-refractivity contribution in [2.45, 2.75) is 53.9 Å². The molecule has 28 aromatic rings. The van der Waals surface area contributed by atoms with Crippen LogP contribution in [0, 0.1) is 0 Å². The Balaban J connectivity index is 0.000000148.